The second kappa shape index (κ2) is 15.3. The molecule has 0 spiro atoms. The van der Waals surface area contributed by atoms with Crippen molar-refractivity contribution in [1.29, 1.82) is 0 Å². The predicted octanol–water partition coefficient (Wildman–Crippen LogP) is 6.21. The Morgan fingerprint density at radius 2 is 1.45 bits per heavy atom. The number of ether oxygens (including phenoxy) is 1. The Morgan fingerprint density at radius 3 is 2.09 bits per heavy atom. The van der Waals surface area contributed by atoms with Crippen molar-refractivity contribution in [3.63, 3.8) is 0 Å². The van der Waals surface area contributed by atoms with Gasteiger partial charge in [0.05, 0.1) is 17.7 Å². The molecule has 0 aliphatic heterocycles. The lowest BCUT2D eigenvalue weighted by atomic mass is 10.0. The van der Waals surface area contributed by atoms with E-state index in [0.29, 0.717) is 5.75 Å². The van der Waals surface area contributed by atoms with Gasteiger partial charge in [0.15, 0.2) is 0 Å². The highest BCUT2D eigenvalue weighted by Gasteiger charge is 2.36. The fraction of sp³-hybridized carbons (Fsp3) is 0.316. The van der Waals surface area contributed by atoms with Crippen LogP contribution >= 0.6 is 0 Å². The summed E-state index contributed by atoms with van der Waals surface area (Å²) in [6, 6.07) is 29.8. The number of hydrogen-bond acceptors (Lipinski definition) is 5. The number of nitrogens with one attached hydrogen (secondary N) is 1. The fourth-order valence-electron chi connectivity index (χ4n) is 6.04. The molecule has 1 aliphatic rings. The molecule has 4 aromatic rings. The van der Waals surface area contributed by atoms with Gasteiger partial charge < -0.3 is 15.0 Å². The topological polar surface area (TPSA) is 96.0 Å². The summed E-state index contributed by atoms with van der Waals surface area (Å²) in [5.74, 6) is -0.434. The second-order valence-corrected chi connectivity index (χ2v) is 14.1. The van der Waals surface area contributed by atoms with E-state index in [1.54, 1.807) is 30.3 Å². The highest BCUT2D eigenvalue weighted by Crippen LogP contribution is 2.34. The number of methoxy groups -OCH3 is 1. The van der Waals surface area contributed by atoms with Crippen molar-refractivity contribution >= 4 is 27.5 Å². The van der Waals surface area contributed by atoms with Gasteiger partial charge in [0.25, 0.3) is 10.0 Å². The molecule has 0 radical (unpaired) electrons. The lowest BCUT2D eigenvalue weighted by molar-refractivity contribution is -0.140. The van der Waals surface area contributed by atoms with E-state index in [0.717, 1.165) is 52.2 Å². The summed E-state index contributed by atoms with van der Waals surface area (Å²) >= 11 is 0. The minimum Gasteiger partial charge on any atom is -0.495 e. The Morgan fingerprint density at radius 1 is 0.830 bits per heavy atom. The third kappa shape index (κ3) is 8.40. The minimum atomic E-state index is -4.23. The van der Waals surface area contributed by atoms with Crippen LogP contribution in [0.15, 0.2) is 108 Å². The molecule has 0 bridgehead atoms. The van der Waals surface area contributed by atoms with E-state index in [1.807, 2.05) is 74.5 Å². The molecular formula is C38H43N3O5S. The van der Waals surface area contributed by atoms with E-state index >= 15 is 0 Å². The molecule has 1 N–H and O–H groups in total. The maximum Gasteiger partial charge on any atom is 0.264 e. The van der Waals surface area contributed by atoms with E-state index < -0.39 is 28.5 Å². The molecule has 9 heteroatoms. The van der Waals surface area contributed by atoms with Crippen LogP contribution in [0, 0.1) is 13.8 Å². The molecule has 1 aliphatic carbocycles. The van der Waals surface area contributed by atoms with Crippen molar-refractivity contribution in [2.75, 3.05) is 18.0 Å². The molecule has 1 atom stereocenters. The van der Waals surface area contributed by atoms with Crippen LogP contribution in [0.25, 0.3) is 0 Å². The van der Waals surface area contributed by atoms with Crippen LogP contribution in [-0.2, 0) is 32.6 Å². The molecular weight excluding hydrogens is 611 g/mol. The van der Waals surface area contributed by atoms with Crippen molar-refractivity contribution in [2.24, 2.45) is 0 Å². The van der Waals surface area contributed by atoms with Gasteiger partial charge in [-0.25, -0.2) is 8.42 Å². The summed E-state index contributed by atoms with van der Waals surface area (Å²) in [5.41, 5.74) is 3.85. The van der Waals surface area contributed by atoms with Crippen LogP contribution < -0.4 is 14.4 Å². The standard InChI is InChI=1S/C38H43N3O5S/c1-28-18-21-31(22-19-28)26-40(35(25-30-12-6-4-7-13-30)38(43)39-32-14-10-11-15-32)37(42)27-41(34-24-29(2)20-23-36(34)46-3)47(44,45)33-16-8-5-9-17-33/h4-9,12-13,16-24,32,35H,10-11,14-15,25-27H2,1-3H3,(H,39,43)/t35-/m0/s1. The Kier molecular flexibility index (Phi) is 11.0. The van der Waals surface area contributed by atoms with E-state index in [-0.39, 0.29) is 35.5 Å². The van der Waals surface area contributed by atoms with Crippen LogP contribution in [0.4, 0.5) is 5.69 Å². The van der Waals surface area contributed by atoms with E-state index in [4.69, 9.17) is 4.74 Å². The highest BCUT2D eigenvalue weighted by atomic mass is 32.2. The smallest absolute Gasteiger partial charge is 0.264 e. The van der Waals surface area contributed by atoms with Crippen molar-refractivity contribution < 1.29 is 22.7 Å². The fourth-order valence-corrected chi connectivity index (χ4v) is 7.48. The highest BCUT2D eigenvalue weighted by molar-refractivity contribution is 7.92. The molecule has 1 saturated carbocycles. The lowest BCUT2D eigenvalue weighted by Gasteiger charge is -2.34. The third-order valence-electron chi connectivity index (χ3n) is 8.66. The number of carbonyl (C=O) groups is 2. The molecule has 1 fully saturated rings. The normalized spacial score (nSPS) is 13.9. The number of sulfonamides is 1. The van der Waals surface area contributed by atoms with Gasteiger partial charge >= 0.3 is 0 Å². The van der Waals surface area contributed by atoms with E-state index in [2.05, 4.69) is 5.32 Å². The number of aryl methyl sites for hydroxylation is 2. The molecule has 4 aromatic carbocycles. The lowest BCUT2D eigenvalue weighted by Crippen LogP contribution is -2.54. The summed E-state index contributed by atoms with van der Waals surface area (Å²) in [7, 11) is -2.76. The Labute approximate surface area is 278 Å². The molecule has 47 heavy (non-hydrogen) atoms. The van der Waals surface area contributed by atoms with Crippen molar-refractivity contribution in [3.05, 3.63) is 125 Å². The number of hydrogen-bond donors (Lipinski definition) is 1. The average molecular weight is 654 g/mol. The number of carbonyl (C=O) groups excluding carboxylic acids is 2. The van der Waals surface area contributed by atoms with Gasteiger partial charge in [0.2, 0.25) is 11.8 Å². The molecule has 0 saturated heterocycles. The van der Waals surface area contributed by atoms with Gasteiger partial charge in [0.1, 0.15) is 18.3 Å². The number of nitrogens with zero attached hydrogens (tertiary/aromatic N) is 2. The van der Waals surface area contributed by atoms with Crippen molar-refractivity contribution in [1.82, 2.24) is 10.2 Å². The molecule has 2 amide bonds. The number of amides is 2. The van der Waals surface area contributed by atoms with Gasteiger partial charge in [0, 0.05) is 19.0 Å². The summed E-state index contributed by atoms with van der Waals surface area (Å²) in [6.07, 6.45) is 4.16. The largest absolute Gasteiger partial charge is 0.495 e. The summed E-state index contributed by atoms with van der Waals surface area (Å²) in [5, 5.41) is 3.21. The number of anilines is 1. The monoisotopic (exact) mass is 653 g/mol. The first-order valence-electron chi connectivity index (χ1n) is 16.1. The Bertz CT molecular complexity index is 1760. The molecule has 5 rings (SSSR count). The van der Waals surface area contributed by atoms with Gasteiger partial charge in [-0.1, -0.05) is 97.3 Å². The van der Waals surface area contributed by atoms with Crippen molar-refractivity contribution in [2.45, 2.75) is 69.5 Å². The zero-order valence-corrected chi connectivity index (χ0v) is 28.1. The second-order valence-electron chi connectivity index (χ2n) is 12.2. The molecule has 246 valence electrons. The maximum absolute atomic E-state index is 14.7. The molecule has 0 heterocycles. The minimum absolute atomic E-state index is 0.0428. The van der Waals surface area contributed by atoms with Gasteiger partial charge in [-0.2, -0.15) is 0 Å². The zero-order chi connectivity index (χ0) is 33.4. The maximum atomic E-state index is 14.7. The summed E-state index contributed by atoms with van der Waals surface area (Å²) in [4.78, 5) is 30.5. The van der Waals surface area contributed by atoms with Crippen LogP contribution in [0.5, 0.6) is 5.75 Å². The van der Waals surface area contributed by atoms with Crippen molar-refractivity contribution in [3.8, 4) is 5.75 Å². The molecule has 0 unspecified atom stereocenters. The zero-order valence-electron chi connectivity index (χ0n) is 27.3. The Balaban J connectivity index is 1.59. The summed E-state index contributed by atoms with van der Waals surface area (Å²) < 4.78 is 35.3. The first-order chi connectivity index (χ1) is 22.7. The number of rotatable bonds is 13. The van der Waals surface area contributed by atoms with Gasteiger partial charge in [-0.15, -0.1) is 0 Å². The van der Waals surface area contributed by atoms with Crippen LogP contribution in [0.3, 0.4) is 0 Å². The van der Waals surface area contributed by atoms with E-state index in [1.165, 1.54) is 24.1 Å². The van der Waals surface area contributed by atoms with Crippen LogP contribution in [-0.4, -0.2) is 50.9 Å². The molecule has 8 nitrogen and oxygen atoms in total. The first kappa shape index (κ1) is 33.7. The predicted molar refractivity (Wildman–Crippen MR) is 185 cm³/mol. The third-order valence-corrected chi connectivity index (χ3v) is 10.4. The molecule has 0 aromatic heterocycles. The SMILES string of the molecule is COc1ccc(C)cc1N(CC(=O)N(Cc1ccc(C)cc1)[C@@H](Cc1ccccc1)C(=O)NC1CCCC1)S(=O)(=O)c1ccccc1. The number of benzene rings is 4. The Hall–Kier alpha value is -4.63. The first-order valence-corrected chi connectivity index (χ1v) is 17.5. The van der Waals surface area contributed by atoms with Crippen LogP contribution in [0.1, 0.15) is 47.9 Å². The average Bonchev–Trinajstić information content (AvgIpc) is 3.59. The van der Waals surface area contributed by atoms with Crippen LogP contribution in [0.2, 0.25) is 0 Å². The van der Waals surface area contributed by atoms with E-state index in [9.17, 15) is 18.0 Å². The van der Waals surface area contributed by atoms with Gasteiger partial charge in [-0.05, 0) is 67.6 Å². The quantitative estimate of drug-likeness (QED) is 0.185. The summed E-state index contributed by atoms with van der Waals surface area (Å²) in [6.45, 7) is 3.43. The van der Waals surface area contributed by atoms with Gasteiger partial charge in [-0.3, -0.25) is 13.9 Å².